The van der Waals surface area contributed by atoms with Crippen LogP contribution in [0.15, 0.2) is 12.2 Å². The Labute approximate surface area is 96.7 Å². The van der Waals surface area contributed by atoms with Crippen molar-refractivity contribution in [2.75, 3.05) is 6.54 Å². The van der Waals surface area contributed by atoms with Crippen molar-refractivity contribution in [1.82, 2.24) is 5.32 Å². The van der Waals surface area contributed by atoms with E-state index < -0.39 is 5.97 Å². The standard InChI is InChI=1S/C12H21NO3/c1-3-5-6-10(4-2)9-13-11(14)7-8-12(15)16/h7-8,10H,3-6,9H2,1-2H3,(H,13,14)(H,15,16)/p-1/b8-7+/t10-/m0/s1. The van der Waals surface area contributed by atoms with Gasteiger partial charge >= 0.3 is 0 Å². The van der Waals surface area contributed by atoms with Crippen LogP contribution in [0.4, 0.5) is 0 Å². The van der Waals surface area contributed by atoms with Gasteiger partial charge in [0.1, 0.15) is 0 Å². The molecule has 0 unspecified atom stereocenters. The number of hydrogen-bond acceptors (Lipinski definition) is 3. The van der Waals surface area contributed by atoms with Crippen molar-refractivity contribution in [3.8, 4) is 0 Å². The Morgan fingerprint density at radius 3 is 2.50 bits per heavy atom. The van der Waals surface area contributed by atoms with Gasteiger partial charge in [-0.3, -0.25) is 4.79 Å². The van der Waals surface area contributed by atoms with Crippen molar-refractivity contribution >= 4 is 11.9 Å². The molecular formula is C12H20NO3-. The molecule has 92 valence electrons. The lowest BCUT2D eigenvalue weighted by molar-refractivity contribution is -0.297. The van der Waals surface area contributed by atoms with Crippen LogP contribution < -0.4 is 10.4 Å². The molecule has 0 aliphatic heterocycles. The predicted molar refractivity (Wildman–Crippen MR) is 60.5 cm³/mol. The summed E-state index contributed by atoms with van der Waals surface area (Å²) in [7, 11) is 0. The first-order valence-electron chi connectivity index (χ1n) is 5.77. The van der Waals surface area contributed by atoms with Crippen LogP contribution in [0.5, 0.6) is 0 Å². The normalized spacial score (nSPS) is 12.6. The Kier molecular flexibility index (Phi) is 8.21. The van der Waals surface area contributed by atoms with E-state index in [1.165, 1.54) is 0 Å². The van der Waals surface area contributed by atoms with Gasteiger partial charge in [-0.05, 0) is 18.4 Å². The van der Waals surface area contributed by atoms with Crippen LogP contribution >= 0.6 is 0 Å². The van der Waals surface area contributed by atoms with Crippen molar-refractivity contribution in [2.45, 2.75) is 39.5 Å². The van der Waals surface area contributed by atoms with Crippen LogP contribution in [0.3, 0.4) is 0 Å². The Morgan fingerprint density at radius 1 is 1.31 bits per heavy atom. The minimum Gasteiger partial charge on any atom is -0.545 e. The highest BCUT2D eigenvalue weighted by Crippen LogP contribution is 2.10. The summed E-state index contributed by atoms with van der Waals surface area (Å²) in [5.74, 6) is -1.26. The molecule has 0 bridgehead atoms. The molecule has 4 heteroatoms. The lowest BCUT2D eigenvalue weighted by Gasteiger charge is -2.14. The van der Waals surface area contributed by atoms with Gasteiger partial charge in [0.15, 0.2) is 0 Å². The van der Waals surface area contributed by atoms with Gasteiger partial charge in [0.05, 0.1) is 5.97 Å². The second-order valence-electron chi connectivity index (χ2n) is 3.81. The Morgan fingerprint density at radius 2 is 2.00 bits per heavy atom. The molecule has 0 spiro atoms. The van der Waals surface area contributed by atoms with Gasteiger partial charge in [-0.15, -0.1) is 0 Å². The topological polar surface area (TPSA) is 69.2 Å². The van der Waals surface area contributed by atoms with Gasteiger partial charge in [-0.1, -0.05) is 33.1 Å². The molecule has 1 amide bonds. The number of nitrogens with one attached hydrogen (secondary N) is 1. The van der Waals surface area contributed by atoms with Crippen molar-refractivity contribution in [1.29, 1.82) is 0 Å². The van der Waals surface area contributed by atoms with Crippen molar-refractivity contribution in [3.05, 3.63) is 12.2 Å². The molecule has 0 fully saturated rings. The lowest BCUT2D eigenvalue weighted by Crippen LogP contribution is -2.28. The molecule has 0 aromatic rings. The second-order valence-corrected chi connectivity index (χ2v) is 3.81. The van der Waals surface area contributed by atoms with Crippen LogP contribution in [0.25, 0.3) is 0 Å². The number of carboxylic acid groups (broad SMARTS) is 1. The van der Waals surface area contributed by atoms with E-state index >= 15 is 0 Å². The largest absolute Gasteiger partial charge is 0.545 e. The first-order valence-corrected chi connectivity index (χ1v) is 5.77. The molecule has 0 heterocycles. The summed E-state index contributed by atoms with van der Waals surface area (Å²) in [5, 5.41) is 12.7. The minimum absolute atomic E-state index is 0.376. The zero-order valence-corrected chi connectivity index (χ0v) is 9.99. The monoisotopic (exact) mass is 226 g/mol. The molecule has 0 radical (unpaired) electrons. The van der Waals surface area contributed by atoms with Crippen molar-refractivity contribution < 1.29 is 14.7 Å². The highest BCUT2D eigenvalue weighted by Gasteiger charge is 2.06. The second kappa shape index (κ2) is 8.95. The van der Waals surface area contributed by atoms with Gasteiger partial charge in [0, 0.05) is 12.6 Å². The molecule has 1 atom stereocenters. The third-order valence-electron chi connectivity index (χ3n) is 2.48. The van der Waals surface area contributed by atoms with Crippen LogP contribution in [0.1, 0.15) is 39.5 Å². The zero-order chi connectivity index (χ0) is 12.4. The smallest absolute Gasteiger partial charge is 0.244 e. The van der Waals surface area contributed by atoms with Crippen molar-refractivity contribution in [2.24, 2.45) is 5.92 Å². The third kappa shape index (κ3) is 8.03. The number of carbonyl (C=O) groups excluding carboxylic acids is 2. The Balaban J connectivity index is 3.83. The summed E-state index contributed by atoms with van der Waals surface area (Å²) >= 11 is 0. The van der Waals surface area contributed by atoms with E-state index in [2.05, 4.69) is 19.2 Å². The van der Waals surface area contributed by atoms with Gasteiger partial charge in [0.25, 0.3) is 0 Å². The lowest BCUT2D eigenvalue weighted by atomic mass is 9.99. The van der Waals surface area contributed by atoms with E-state index in [0.29, 0.717) is 12.5 Å². The minimum atomic E-state index is -1.35. The molecule has 0 aromatic heterocycles. The number of hydrogen-bond donors (Lipinski definition) is 1. The number of aliphatic carboxylic acids is 1. The van der Waals surface area contributed by atoms with Crippen LogP contribution in [-0.2, 0) is 9.59 Å². The maximum absolute atomic E-state index is 11.2. The quantitative estimate of drug-likeness (QED) is 0.617. The molecule has 0 aliphatic rings. The van der Waals surface area contributed by atoms with Gasteiger partial charge in [-0.25, -0.2) is 0 Å². The summed E-state index contributed by atoms with van der Waals surface area (Å²) in [5.41, 5.74) is 0. The summed E-state index contributed by atoms with van der Waals surface area (Å²) < 4.78 is 0. The first-order chi connectivity index (χ1) is 7.60. The fraction of sp³-hybridized carbons (Fsp3) is 0.667. The number of amides is 1. The van der Waals surface area contributed by atoms with Crippen LogP contribution in [-0.4, -0.2) is 18.4 Å². The molecule has 0 saturated heterocycles. The summed E-state index contributed by atoms with van der Waals surface area (Å²) in [6.07, 6.45) is 6.14. The fourth-order valence-corrected chi connectivity index (χ4v) is 1.39. The van der Waals surface area contributed by atoms with Gasteiger partial charge in [-0.2, -0.15) is 0 Å². The van der Waals surface area contributed by atoms with Gasteiger partial charge < -0.3 is 15.2 Å². The molecule has 1 N–H and O–H groups in total. The molecule has 0 saturated carbocycles. The molecule has 0 aromatic carbocycles. The van der Waals surface area contributed by atoms with E-state index in [1.807, 2.05) is 0 Å². The average Bonchev–Trinajstić information content (AvgIpc) is 2.26. The average molecular weight is 226 g/mol. The zero-order valence-electron chi connectivity index (χ0n) is 9.99. The van der Waals surface area contributed by atoms with Gasteiger partial charge in [0.2, 0.25) is 5.91 Å². The highest BCUT2D eigenvalue weighted by molar-refractivity contribution is 5.93. The number of rotatable bonds is 8. The molecular weight excluding hydrogens is 206 g/mol. The van der Waals surface area contributed by atoms with E-state index in [0.717, 1.165) is 37.8 Å². The number of unbranched alkanes of at least 4 members (excludes halogenated alkanes) is 1. The molecule has 0 rings (SSSR count). The highest BCUT2D eigenvalue weighted by atomic mass is 16.4. The summed E-state index contributed by atoms with van der Waals surface area (Å²) in [4.78, 5) is 21.2. The molecule has 4 nitrogen and oxygen atoms in total. The first kappa shape index (κ1) is 14.7. The third-order valence-corrected chi connectivity index (χ3v) is 2.48. The fourth-order valence-electron chi connectivity index (χ4n) is 1.39. The predicted octanol–water partition coefficient (Wildman–Crippen LogP) is 0.625. The SMILES string of the molecule is CCCC[C@H](CC)CNC(=O)/C=C/C(=O)[O-]. The van der Waals surface area contributed by atoms with Crippen molar-refractivity contribution in [3.63, 3.8) is 0 Å². The van der Waals surface area contributed by atoms with Crippen LogP contribution in [0.2, 0.25) is 0 Å². The summed E-state index contributed by atoms with van der Waals surface area (Å²) in [6, 6.07) is 0. The van der Waals surface area contributed by atoms with E-state index in [-0.39, 0.29) is 5.91 Å². The maximum atomic E-state index is 11.2. The Bertz CT molecular complexity index is 249. The maximum Gasteiger partial charge on any atom is 0.244 e. The van der Waals surface area contributed by atoms with E-state index in [4.69, 9.17) is 0 Å². The number of carbonyl (C=O) groups is 2. The van der Waals surface area contributed by atoms with E-state index in [1.54, 1.807) is 0 Å². The Hall–Kier alpha value is -1.32. The molecule has 16 heavy (non-hydrogen) atoms. The molecule has 0 aliphatic carbocycles. The number of carboxylic acids is 1. The summed E-state index contributed by atoms with van der Waals surface area (Å²) in [6.45, 7) is 4.82. The van der Waals surface area contributed by atoms with E-state index in [9.17, 15) is 14.7 Å². The van der Waals surface area contributed by atoms with Crippen LogP contribution in [0, 0.1) is 5.92 Å².